The van der Waals surface area contributed by atoms with E-state index < -0.39 is 66.8 Å². The monoisotopic (exact) mass is 722 g/mol. The van der Waals surface area contributed by atoms with E-state index in [2.05, 4.69) is 14.8 Å². The van der Waals surface area contributed by atoms with Crippen molar-refractivity contribution in [1.82, 2.24) is 10.6 Å². The molecule has 0 spiro atoms. The molecule has 272 valence electrons. The predicted octanol–water partition coefficient (Wildman–Crippen LogP) is 8.10. The molecular formula is C33H31F9N2O6. The van der Waals surface area contributed by atoms with Crippen molar-refractivity contribution < 1.29 is 68.4 Å². The number of rotatable bonds is 12. The van der Waals surface area contributed by atoms with Gasteiger partial charge in [0, 0.05) is 6.42 Å². The maximum atomic E-state index is 13.2. The Hall–Kier alpha value is -4.83. The first-order chi connectivity index (χ1) is 23.3. The Bertz CT molecular complexity index is 1540. The zero-order chi connectivity index (χ0) is 36.7. The molecule has 4 rings (SSSR count). The summed E-state index contributed by atoms with van der Waals surface area (Å²) < 4.78 is 132. The van der Waals surface area contributed by atoms with Crippen molar-refractivity contribution in [1.29, 1.82) is 0 Å². The maximum Gasteiger partial charge on any atom is 0.573 e. The van der Waals surface area contributed by atoms with E-state index in [1.165, 1.54) is 36.4 Å². The molecule has 1 fully saturated rings. The van der Waals surface area contributed by atoms with Gasteiger partial charge in [-0.05, 0) is 84.7 Å². The van der Waals surface area contributed by atoms with Crippen LogP contribution in [-0.4, -0.2) is 49.2 Å². The zero-order valence-corrected chi connectivity index (χ0v) is 25.9. The Balaban J connectivity index is 1.72. The van der Waals surface area contributed by atoms with Gasteiger partial charge in [0.05, 0.1) is 18.1 Å². The number of aliphatic carboxylic acids is 1. The average molecular weight is 723 g/mol. The molecule has 8 nitrogen and oxygen atoms in total. The summed E-state index contributed by atoms with van der Waals surface area (Å²) in [5, 5.41) is 13.2. The van der Waals surface area contributed by atoms with Gasteiger partial charge in [-0.1, -0.05) is 36.4 Å². The van der Waals surface area contributed by atoms with Crippen LogP contribution in [0.4, 0.5) is 44.3 Å². The molecule has 1 saturated carbocycles. The fourth-order valence-corrected chi connectivity index (χ4v) is 5.70. The number of benzene rings is 3. The van der Waals surface area contributed by atoms with Crippen LogP contribution in [0.15, 0.2) is 72.8 Å². The highest BCUT2D eigenvalue weighted by atomic mass is 19.4. The minimum atomic E-state index is -5.16. The van der Waals surface area contributed by atoms with Crippen LogP contribution in [0.2, 0.25) is 0 Å². The highest BCUT2D eigenvalue weighted by Crippen LogP contribution is 2.39. The molecule has 50 heavy (non-hydrogen) atoms. The van der Waals surface area contributed by atoms with Gasteiger partial charge in [0.2, 0.25) is 0 Å². The summed E-state index contributed by atoms with van der Waals surface area (Å²) in [5.41, 5.74) is -2.16. The molecule has 1 aliphatic carbocycles. The first-order valence-electron chi connectivity index (χ1n) is 15.1. The molecule has 0 atom stereocenters. The van der Waals surface area contributed by atoms with E-state index in [0.717, 1.165) is 36.4 Å². The standard InChI is InChI=1S/C33H31F9N2O6/c34-31(35,36)19-43-29(47)44-30(23-3-1-5-26(15-23)49-32(37,38)39,24-4-2-6-27(16-24)50-33(40,41)42)17-20-9-13-25(14-10-20)48-18-21-7-11-22(12-8-21)28(45)46/h1-6,9-10,13-16,21-22H,7-8,11-12,17-19H2,(H,45,46)(H2,43,44,47)/t21-,22+. The highest BCUT2D eigenvalue weighted by molar-refractivity contribution is 5.76. The molecule has 2 amide bonds. The summed E-state index contributed by atoms with van der Waals surface area (Å²) in [4.78, 5) is 24.2. The van der Waals surface area contributed by atoms with Gasteiger partial charge in [-0.2, -0.15) is 13.2 Å². The van der Waals surface area contributed by atoms with Gasteiger partial charge in [0.1, 0.15) is 23.8 Å². The van der Waals surface area contributed by atoms with Crippen LogP contribution in [0.3, 0.4) is 0 Å². The molecule has 3 aromatic carbocycles. The lowest BCUT2D eigenvalue weighted by atomic mass is 9.77. The van der Waals surface area contributed by atoms with E-state index in [4.69, 9.17) is 4.74 Å². The number of alkyl halides is 9. The van der Waals surface area contributed by atoms with Gasteiger partial charge in [-0.25, -0.2) is 4.79 Å². The Labute approximate surface area is 279 Å². The molecule has 3 N–H and O–H groups in total. The molecule has 0 saturated heterocycles. The zero-order valence-electron chi connectivity index (χ0n) is 25.9. The minimum Gasteiger partial charge on any atom is -0.493 e. The Morgan fingerprint density at radius 2 is 1.24 bits per heavy atom. The van der Waals surface area contributed by atoms with E-state index in [0.29, 0.717) is 37.0 Å². The molecule has 0 bridgehead atoms. The first-order valence-corrected chi connectivity index (χ1v) is 15.1. The minimum absolute atomic E-state index is 0.106. The summed E-state index contributed by atoms with van der Waals surface area (Å²) in [7, 11) is 0. The Morgan fingerprint density at radius 3 is 1.70 bits per heavy atom. The van der Waals surface area contributed by atoms with Gasteiger partial charge >= 0.3 is 30.9 Å². The maximum absolute atomic E-state index is 13.2. The van der Waals surface area contributed by atoms with E-state index in [1.54, 1.807) is 5.32 Å². The van der Waals surface area contributed by atoms with Crippen LogP contribution in [0.5, 0.6) is 17.2 Å². The molecule has 0 radical (unpaired) electrons. The number of carboxylic acids is 1. The van der Waals surface area contributed by atoms with Crippen LogP contribution in [0, 0.1) is 11.8 Å². The van der Waals surface area contributed by atoms with Gasteiger partial charge in [0.25, 0.3) is 0 Å². The summed E-state index contributed by atoms with van der Waals surface area (Å²) in [6, 6.07) is 12.8. The molecule has 1 aliphatic rings. The number of hydrogen-bond acceptors (Lipinski definition) is 5. The summed E-state index contributed by atoms with van der Waals surface area (Å²) >= 11 is 0. The van der Waals surface area contributed by atoms with E-state index in [-0.39, 0.29) is 23.7 Å². The number of nitrogens with one attached hydrogen (secondary N) is 2. The third-order valence-corrected chi connectivity index (χ3v) is 7.97. The molecular weight excluding hydrogens is 691 g/mol. The Kier molecular flexibility index (Phi) is 11.7. The summed E-state index contributed by atoms with van der Waals surface area (Å²) in [5.74, 6) is -2.31. The van der Waals surface area contributed by atoms with Crippen molar-refractivity contribution in [3.05, 3.63) is 89.5 Å². The van der Waals surface area contributed by atoms with Crippen molar-refractivity contribution >= 4 is 12.0 Å². The number of carbonyl (C=O) groups excluding carboxylic acids is 1. The second kappa shape index (κ2) is 15.4. The van der Waals surface area contributed by atoms with Crippen LogP contribution >= 0.6 is 0 Å². The second-order valence-corrected chi connectivity index (χ2v) is 11.7. The predicted molar refractivity (Wildman–Crippen MR) is 158 cm³/mol. The summed E-state index contributed by atoms with van der Waals surface area (Å²) in [6.45, 7) is -1.51. The quantitative estimate of drug-likeness (QED) is 0.163. The fraction of sp³-hybridized carbons (Fsp3) is 0.394. The normalized spacial score (nSPS) is 17.1. The molecule has 3 aromatic rings. The third-order valence-electron chi connectivity index (χ3n) is 7.97. The SMILES string of the molecule is O=C(NCC(F)(F)F)NC(Cc1ccc(OC[C@H]2CC[C@@H](C(=O)O)CC2)cc1)(c1cccc(OC(F)(F)F)c1)c1cccc(OC(F)(F)F)c1. The molecule has 0 aliphatic heterocycles. The lowest BCUT2D eigenvalue weighted by Crippen LogP contribution is -2.53. The van der Waals surface area contributed by atoms with Crippen molar-refractivity contribution in [3.8, 4) is 17.2 Å². The van der Waals surface area contributed by atoms with Crippen molar-refractivity contribution in [2.24, 2.45) is 11.8 Å². The summed E-state index contributed by atoms with van der Waals surface area (Å²) in [6.07, 6.45) is -13.3. The van der Waals surface area contributed by atoms with Gasteiger partial charge in [-0.3, -0.25) is 4.79 Å². The highest BCUT2D eigenvalue weighted by Gasteiger charge is 2.40. The lowest BCUT2D eigenvalue weighted by molar-refractivity contribution is -0.275. The van der Waals surface area contributed by atoms with E-state index in [9.17, 15) is 54.2 Å². The topological polar surface area (TPSA) is 106 Å². The number of carbonyl (C=O) groups is 2. The number of carboxylic acid groups (broad SMARTS) is 1. The van der Waals surface area contributed by atoms with E-state index >= 15 is 0 Å². The smallest absolute Gasteiger partial charge is 0.493 e. The van der Waals surface area contributed by atoms with Gasteiger partial charge in [-0.15, -0.1) is 26.3 Å². The van der Waals surface area contributed by atoms with Crippen LogP contribution < -0.4 is 24.8 Å². The molecule has 0 unspecified atom stereocenters. The van der Waals surface area contributed by atoms with Crippen LogP contribution in [0.1, 0.15) is 42.4 Å². The van der Waals surface area contributed by atoms with E-state index in [1.807, 2.05) is 0 Å². The van der Waals surface area contributed by atoms with Crippen molar-refractivity contribution in [3.63, 3.8) is 0 Å². The van der Waals surface area contributed by atoms with Crippen molar-refractivity contribution in [2.45, 2.75) is 56.5 Å². The number of urea groups is 1. The van der Waals surface area contributed by atoms with Crippen LogP contribution in [0.25, 0.3) is 0 Å². The van der Waals surface area contributed by atoms with Crippen molar-refractivity contribution in [2.75, 3.05) is 13.2 Å². The fourth-order valence-electron chi connectivity index (χ4n) is 5.70. The third kappa shape index (κ3) is 11.4. The molecule has 17 heteroatoms. The second-order valence-electron chi connectivity index (χ2n) is 11.7. The lowest BCUT2D eigenvalue weighted by Gasteiger charge is -2.37. The number of ether oxygens (including phenoxy) is 3. The van der Waals surface area contributed by atoms with Gasteiger partial charge in [0.15, 0.2) is 0 Å². The molecule has 0 heterocycles. The van der Waals surface area contributed by atoms with Gasteiger partial charge < -0.3 is 30.0 Å². The largest absolute Gasteiger partial charge is 0.573 e. The Morgan fingerprint density at radius 1 is 0.720 bits per heavy atom. The molecule has 0 aromatic heterocycles. The van der Waals surface area contributed by atoms with Crippen LogP contribution in [-0.2, 0) is 16.8 Å². The first kappa shape index (κ1) is 38.0. The number of hydrogen-bond donors (Lipinski definition) is 3. The average Bonchev–Trinajstić information content (AvgIpc) is 3.01. The number of amides is 2. The number of halogens is 9.